The van der Waals surface area contributed by atoms with Gasteiger partial charge >= 0.3 is 0 Å². The van der Waals surface area contributed by atoms with Gasteiger partial charge in [0.05, 0.1) is 10.0 Å². The second-order valence-corrected chi connectivity index (χ2v) is 5.75. The number of hydrogen-bond donors (Lipinski definition) is 1. The molecule has 0 aliphatic carbocycles. The van der Waals surface area contributed by atoms with Gasteiger partial charge in [-0.1, -0.05) is 40.9 Å². The SMILES string of the molecule is Cc1cc(Cl)ccc1NC(C)c1ccc(Cl)c(Cl)c1. The molecule has 2 aromatic rings. The van der Waals surface area contributed by atoms with Gasteiger partial charge in [-0.05, 0) is 55.3 Å². The zero-order valence-electron chi connectivity index (χ0n) is 10.7. The van der Waals surface area contributed by atoms with Crippen LogP contribution in [0.25, 0.3) is 0 Å². The Hall–Kier alpha value is -0.890. The van der Waals surface area contributed by atoms with Crippen LogP contribution in [0.2, 0.25) is 15.1 Å². The molecule has 1 atom stereocenters. The van der Waals surface area contributed by atoms with E-state index in [2.05, 4.69) is 12.2 Å². The van der Waals surface area contributed by atoms with Gasteiger partial charge in [0.15, 0.2) is 0 Å². The zero-order chi connectivity index (χ0) is 14.0. The number of rotatable bonds is 3. The Labute approximate surface area is 128 Å². The maximum atomic E-state index is 6.04. The minimum absolute atomic E-state index is 0.134. The topological polar surface area (TPSA) is 12.0 Å². The molecule has 0 saturated heterocycles. The average Bonchev–Trinajstić information content (AvgIpc) is 2.36. The molecule has 1 unspecified atom stereocenters. The Morgan fingerprint density at radius 1 is 0.947 bits per heavy atom. The summed E-state index contributed by atoms with van der Waals surface area (Å²) in [5, 5.41) is 5.32. The van der Waals surface area contributed by atoms with Crippen molar-refractivity contribution in [3.63, 3.8) is 0 Å². The first-order valence-corrected chi connectivity index (χ1v) is 7.08. The summed E-state index contributed by atoms with van der Waals surface area (Å²) in [6.07, 6.45) is 0. The fraction of sp³-hybridized carbons (Fsp3) is 0.200. The molecule has 4 heteroatoms. The zero-order valence-corrected chi connectivity index (χ0v) is 12.9. The van der Waals surface area contributed by atoms with Crippen LogP contribution in [0.15, 0.2) is 36.4 Å². The number of aryl methyl sites for hydroxylation is 1. The van der Waals surface area contributed by atoms with Crippen LogP contribution < -0.4 is 5.32 Å². The molecule has 0 spiro atoms. The molecule has 0 fully saturated rings. The first-order chi connectivity index (χ1) is 8.97. The van der Waals surface area contributed by atoms with Gasteiger partial charge in [-0.3, -0.25) is 0 Å². The molecular weight excluding hydrogens is 301 g/mol. The second kappa shape index (κ2) is 6.04. The van der Waals surface area contributed by atoms with Gasteiger partial charge < -0.3 is 5.32 Å². The Morgan fingerprint density at radius 2 is 1.68 bits per heavy atom. The summed E-state index contributed by atoms with van der Waals surface area (Å²) in [6, 6.07) is 11.6. The number of anilines is 1. The van der Waals surface area contributed by atoms with Crippen molar-refractivity contribution >= 4 is 40.5 Å². The Morgan fingerprint density at radius 3 is 2.32 bits per heavy atom. The fourth-order valence-corrected chi connectivity index (χ4v) is 2.42. The van der Waals surface area contributed by atoms with Crippen molar-refractivity contribution in [2.75, 3.05) is 5.32 Å². The average molecular weight is 315 g/mol. The summed E-state index contributed by atoms with van der Waals surface area (Å²) in [7, 11) is 0. The summed E-state index contributed by atoms with van der Waals surface area (Å²) in [5.74, 6) is 0. The number of benzene rings is 2. The lowest BCUT2D eigenvalue weighted by atomic mass is 10.1. The number of nitrogens with one attached hydrogen (secondary N) is 1. The highest BCUT2D eigenvalue weighted by molar-refractivity contribution is 6.42. The van der Waals surface area contributed by atoms with Crippen LogP contribution >= 0.6 is 34.8 Å². The fourth-order valence-electron chi connectivity index (χ4n) is 1.89. The third kappa shape index (κ3) is 3.56. The third-order valence-electron chi connectivity index (χ3n) is 3.00. The van der Waals surface area contributed by atoms with E-state index in [9.17, 15) is 0 Å². The van der Waals surface area contributed by atoms with Crippen LogP contribution in [0, 0.1) is 6.92 Å². The van der Waals surface area contributed by atoms with Crippen LogP contribution in [0.4, 0.5) is 5.69 Å². The Kier molecular flexibility index (Phi) is 4.62. The highest BCUT2D eigenvalue weighted by Gasteiger charge is 2.09. The molecule has 0 aliphatic heterocycles. The van der Waals surface area contributed by atoms with E-state index in [-0.39, 0.29) is 6.04 Å². The predicted octanol–water partition coefficient (Wildman–Crippen LogP) is 6.13. The highest BCUT2D eigenvalue weighted by Crippen LogP contribution is 2.28. The molecule has 19 heavy (non-hydrogen) atoms. The van der Waals surface area contributed by atoms with E-state index in [1.807, 2.05) is 43.3 Å². The largest absolute Gasteiger partial charge is 0.378 e. The maximum absolute atomic E-state index is 6.04. The summed E-state index contributed by atoms with van der Waals surface area (Å²) in [5.41, 5.74) is 3.26. The molecule has 0 radical (unpaired) electrons. The van der Waals surface area contributed by atoms with Crippen molar-refractivity contribution in [1.29, 1.82) is 0 Å². The minimum atomic E-state index is 0.134. The third-order valence-corrected chi connectivity index (χ3v) is 3.98. The van der Waals surface area contributed by atoms with Crippen molar-refractivity contribution in [3.05, 3.63) is 62.6 Å². The highest BCUT2D eigenvalue weighted by atomic mass is 35.5. The quantitative estimate of drug-likeness (QED) is 0.718. The molecule has 100 valence electrons. The van der Waals surface area contributed by atoms with Crippen molar-refractivity contribution < 1.29 is 0 Å². The van der Waals surface area contributed by atoms with Gasteiger partial charge in [0, 0.05) is 16.8 Å². The van der Waals surface area contributed by atoms with Crippen molar-refractivity contribution in [2.45, 2.75) is 19.9 Å². The first kappa shape index (κ1) is 14.5. The minimum Gasteiger partial charge on any atom is -0.378 e. The number of hydrogen-bond acceptors (Lipinski definition) is 1. The lowest BCUT2D eigenvalue weighted by Gasteiger charge is -2.18. The predicted molar refractivity (Wildman–Crippen MR) is 84.7 cm³/mol. The molecule has 1 N–H and O–H groups in total. The van der Waals surface area contributed by atoms with Gasteiger partial charge in [-0.15, -0.1) is 0 Å². The van der Waals surface area contributed by atoms with E-state index in [0.717, 1.165) is 21.8 Å². The van der Waals surface area contributed by atoms with Gasteiger partial charge in [0.1, 0.15) is 0 Å². The number of halogens is 3. The lowest BCUT2D eigenvalue weighted by molar-refractivity contribution is 0.883. The maximum Gasteiger partial charge on any atom is 0.0595 e. The summed E-state index contributed by atoms with van der Waals surface area (Å²) < 4.78 is 0. The molecule has 0 amide bonds. The van der Waals surface area contributed by atoms with Crippen LogP contribution in [-0.2, 0) is 0 Å². The Bertz CT molecular complexity index is 596. The molecular formula is C15H14Cl3N. The van der Waals surface area contributed by atoms with E-state index in [1.54, 1.807) is 0 Å². The van der Waals surface area contributed by atoms with Crippen molar-refractivity contribution in [2.24, 2.45) is 0 Å². The van der Waals surface area contributed by atoms with E-state index < -0.39 is 0 Å². The van der Waals surface area contributed by atoms with E-state index in [1.165, 1.54) is 0 Å². The van der Waals surface area contributed by atoms with Crippen LogP contribution in [0.3, 0.4) is 0 Å². The Balaban J connectivity index is 2.20. The summed E-state index contributed by atoms with van der Waals surface area (Å²) in [6.45, 7) is 4.10. The summed E-state index contributed by atoms with van der Waals surface area (Å²) >= 11 is 17.9. The molecule has 0 heterocycles. The molecule has 0 bridgehead atoms. The lowest BCUT2D eigenvalue weighted by Crippen LogP contribution is -2.07. The second-order valence-electron chi connectivity index (χ2n) is 4.50. The summed E-state index contributed by atoms with van der Waals surface area (Å²) in [4.78, 5) is 0. The smallest absolute Gasteiger partial charge is 0.0595 e. The van der Waals surface area contributed by atoms with Crippen molar-refractivity contribution in [1.82, 2.24) is 0 Å². The molecule has 0 aliphatic rings. The van der Waals surface area contributed by atoms with Crippen LogP contribution in [0.5, 0.6) is 0 Å². The van der Waals surface area contributed by atoms with Crippen LogP contribution in [0.1, 0.15) is 24.1 Å². The van der Waals surface area contributed by atoms with Crippen LogP contribution in [-0.4, -0.2) is 0 Å². The van der Waals surface area contributed by atoms with Gasteiger partial charge in [-0.2, -0.15) is 0 Å². The van der Waals surface area contributed by atoms with E-state index in [0.29, 0.717) is 10.0 Å². The van der Waals surface area contributed by atoms with E-state index in [4.69, 9.17) is 34.8 Å². The monoisotopic (exact) mass is 313 g/mol. The normalized spacial score (nSPS) is 12.3. The molecule has 0 aromatic heterocycles. The van der Waals surface area contributed by atoms with E-state index >= 15 is 0 Å². The van der Waals surface area contributed by atoms with Crippen molar-refractivity contribution in [3.8, 4) is 0 Å². The molecule has 2 rings (SSSR count). The van der Waals surface area contributed by atoms with Gasteiger partial charge in [0.25, 0.3) is 0 Å². The first-order valence-electron chi connectivity index (χ1n) is 5.95. The molecule has 1 nitrogen and oxygen atoms in total. The standard InChI is InChI=1S/C15H14Cl3N/c1-9-7-12(16)4-6-15(9)19-10(2)11-3-5-13(17)14(18)8-11/h3-8,10,19H,1-2H3. The van der Waals surface area contributed by atoms with Gasteiger partial charge in [-0.25, -0.2) is 0 Å². The van der Waals surface area contributed by atoms with Gasteiger partial charge in [0.2, 0.25) is 0 Å². The molecule has 2 aromatic carbocycles. The molecule has 0 saturated carbocycles.